The van der Waals surface area contributed by atoms with Crippen molar-refractivity contribution in [1.29, 1.82) is 0 Å². The van der Waals surface area contributed by atoms with Crippen molar-refractivity contribution in [2.75, 3.05) is 13.7 Å². The number of allylic oxidation sites excluding steroid dienone is 3. The number of ketones is 1. The lowest BCUT2D eigenvalue weighted by atomic mass is 9.72. The number of Topliss-reactive ketones (excluding diaryl/α,β-unsaturated/α-hetero) is 1. The van der Waals surface area contributed by atoms with Crippen molar-refractivity contribution in [3.05, 3.63) is 124 Å². The molecule has 3 aromatic rings. The van der Waals surface area contributed by atoms with Crippen molar-refractivity contribution in [2.45, 2.75) is 38.0 Å². The molecule has 5 rings (SSSR count). The number of dihydropyridines is 1. The van der Waals surface area contributed by atoms with Crippen molar-refractivity contribution in [3.8, 4) is 5.75 Å². The van der Waals surface area contributed by atoms with Gasteiger partial charge in [0.25, 0.3) is 0 Å². The molecule has 0 saturated heterocycles. The molecule has 1 N–H and O–H groups in total. The Morgan fingerprint density at radius 3 is 2.24 bits per heavy atom. The highest BCUT2D eigenvalue weighted by atomic mass is 16.5. The second kappa shape index (κ2) is 10.9. The van der Waals surface area contributed by atoms with Crippen LogP contribution in [0.3, 0.4) is 0 Å². The van der Waals surface area contributed by atoms with Crippen LogP contribution in [0.5, 0.6) is 5.75 Å². The molecule has 0 bridgehead atoms. The van der Waals surface area contributed by atoms with Crippen LogP contribution >= 0.6 is 0 Å². The van der Waals surface area contributed by atoms with Crippen LogP contribution in [0.15, 0.2) is 107 Å². The van der Waals surface area contributed by atoms with Crippen molar-refractivity contribution < 1.29 is 19.1 Å². The maximum Gasteiger partial charge on any atom is 0.336 e. The first-order valence-electron chi connectivity index (χ1n) is 12.7. The maximum absolute atomic E-state index is 13.7. The van der Waals surface area contributed by atoms with E-state index < -0.39 is 11.9 Å². The summed E-state index contributed by atoms with van der Waals surface area (Å²) in [6, 6.07) is 27.7. The van der Waals surface area contributed by atoms with Gasteiger partial charge in [0.2, 0.25) is 0 Å². The van der Waals surface area contributed by atoms with Gasteiger partial charge in [-0.15, -0.1) is 0 Å². The first-order chi connectivity index (χ1) is 18.0. The largest absolute Gasteiger partial charge is 0.497 e. The first kappa shape index (κ1) is 24.6. The lowest BCUT2D eigenvalue weighted by Crippen LogP contribution is -2.36. The fourth-order valence-corrected chi connectivity index (χ4v) is 5.38. The molecule has 3 aromatic carbocycles. The number of ether oxygens (including phenoxy) is 2. The monoisotopic (exact) mass is 493 g/mol. The summed E-state index contributed by atoms with van der Waals surface area (Å²) in [7, 11) is 1.62. The Morgan fingerprint density at radius 1 is 0.892 bits per heavy atom. The van der Waals surface area contributed by atoms with Crippen LogP contribution in [0, 0.1) is 0 Å². The van der Waals surface area contributed by atoms with Gasteiger partial charge in [0.05, 0.1) is 19.3 Å². The molecule has 0 saturated carbocycles. The summed E-state index contributed by atoms with van der Waals surface area (Å²) in [5, 5.41) is 3.42. The number of methoxy groups -OCH3 is 1. The summed E-state index contributed by atoms with van der Waals surface area (Å²) in [4.78, 5) is 27.2. The predicted molar refractivity (Wildman–Crippen MR) is 143 cm³/mol. The Hall–Kier alpha value is -4.12. The summed E-state index contributed by atoms with van der Waals surface area (Å²) in [6.45, 7) is 2.16. The van der Waals surface area contributed by atoms with E-state index >= 15 is 0 Å². The molecule has 2 atom stereocenters. The predicted octanol–water partition coefficient (Wildman–Crippen LogP) is 5.84. The van der Waals surface area contributed by atoms with E-state index in [4.69, 9.17) is 9.47 Å². The van der Waals surface area contributed by atoms with Crippen molar-refractivity contribution in [1.82, 2.24) is 5.32 Å². The molecule has 0 aromatic heterocycles. The zero-order valence-electron chi connectivity index (χ0n) is 21.2. The van der Waals surface area contributed by atoms with E-state index in [0.29, 0.717) is 30.4 Å². The van der Waals surface area contributed by atoms with Gasteiger partial charge in [0.15, 0.2) is 5.78 Å². The molecule has 1 aliphatic heterocycles. The summed E-state index contributed by atoms with van der Waals surface area (Å²) in [5.74, 6) is -0.00489. The molecule has 5 heteroatoms. The molecule has 2 aliphatic rings. The van der Waals surface area contributed by atoms with E-state index in [1.807, 2.05) is 79.7 Å². The highest BCUT2D eigenvalue weighted by Crippen LogP contribution is 2.45. The van der Waals surface area contributed by atoms with Gasteiger partial charge in [-0.1, -0.05) is 72.8 Å². The molecule has 5 nitrogen and oxygen atoms in total. The Balaban J connectivity index is 1.46. The van der Waals surface area contributed by atoms with Crippen LogP contribution in [0.2, 0.25) is 0 Å². The van der Waals surface area contributed by atoms with E-state index in [1.165, 1.54) is 0 Å². The minimum absolute atomic E-state index is 0.0607. The third-order valence-corrected chi connectivity index (χ3v) is 7.23. The van der Waals surface area contributed by atoms with Gasteiger partial charge < -0.3 is 14.8 Å². The van der Waals surface area contributed by atoms with Crippen LogP contribution in [-0.4, -0.2) is 25.5 Å². The summed E-state index contributed by atoms with van der Waals surface area (Å²) in [6.07, 6.45) is 1.75. The lowest BCUT2D eigenvalue weighted by molar-refractivity contribution is -0.139. The molecule has 188 valence electrons. The van der Waals surface area contributed by atoms with Crippen LogP contribution < -0.4 is 10.1 Å². The summed E-state index contributed by atoms with van der Waals surface area (Å²) < 4.78 is 11.1. The van der Waals surface area contributed by atoms with E-state index in [2.05, 4.69) is 17.4 Å². The highest BCUT2D eigenvalue weighted by Gasteiger charge is 2.41. The van der Waals surface area contributed by atoms with Gasteiger partial charge in [-0.2, -0.15) is 0 Å². The van der Waals surface area contributed by atoms with E-state index in [1.54, 1.807) is 7.11 Å². The molecule has 0 radical (unpaired) electrons. The number of nitrogens with one attached hydrogen (secondary N) is 1. The molecule has 1 heterocycles. The zero-order chi connectivity index (χ0) is 25.8. The van der Waals surface area contributed by atoms with Crippen LogP contribution in [0.1, 0.15) is 48.3 Å². The second-order valence-electron chi connectivity index (χ2n) is 9.57. The van der Waals surface area contributed by atoms with Gasteiger partial charge >= 0.3 is 5.97 Å². The Morgan fingerprint density at radius 2 is 1.57 bits per heavy atom. The molecule has 0 amide bonds. The number of carbonyl (C=O) groups is 2. The van der Waals surface area contributed by atoms with Gasteiger partial charge in [-0.25, -0.2) is 4.79 Å². The standard InChI is InChI=1S/C32H31NO4/c1-21-29(32(35)37-18-17-22-9-5-3-6-10-22)30(24-13-15-26(36-2)16-14-24)31-27(33-21)19-25(20-28(31)34)23-11-7-4-8-12-23/h3-16,25,30,33H,17-20H2,1-2H3/t25-,30-/m1/s1. The van der Waals surface area contributed by atoms with Gasteiger partial charge in [-0.3, -0.25) is 4.79 Å². The Bertz CT molecular complexity index is 1340. The Kier molecular flexibility index (Phi) is 7.22. The third kappa shape index (κ3) is 5.21. The Labute approximate surface area is 217 Å². The van der Waals surface area contributed by atoms with Gasteiger partial charge in [0.1, 0.15) is 5.75 Å². The number of hydrogen-bond donors (Lipinski definition) is 1. The second-order valence-corrected chi connectivity index (χ2v) is 9.57. The summed E-state index contributed by atoms with van der Waals surface area (Å²) in [5.41, 5.74) is 5.90. The van der Waals surface area contributed by atoms with Gasteiger partial charge in [-0.05, 0) is 48.1 Å². The average Bonchev–Trinajstić information content (AvgIpc) is 2.93. The number of esters is 1. The molecule has 0 unspecified atom stereocenters. The fraction of sp³-hybridized carbons (Fsp3) is 0.250. The topological polar surface area (TPSA) is 64.6 Å². The zero-order valence-corrected chi connectivity index (χ0v) is 21.2. The van der Waals surface area contributed by atoms with E-state index in [0.717, 1.165) is 33.8 Å². The quantitative estimate of drug-likeness (QED) is 0.419. The molecule has 37 heavy (non-hydrogen) atoms. The highest BCUT2D eigenvalue weighted by molar-refractivity contribution is 6.04. The van der Waals surface area contributed by atoms with Crippen LogP contribution in [-0.2, 0) is 20.7 Å². The van der Waals surface area contributed by atoms with Gasteiger partial charge in [0, 0.05) is 35.7 Å². The number of benzene rings is 3. The van der Waals surface area contributed by atoms with Crippen LogP contribution in [0.25, 0.3) is 0 Å². The van der Waals surface area contributed by atoms with E-state index in [-0.39, 0.29) is 18.3 Å². The summed E-state index contributed by atoms with van der Waals surface area (Å²) >= 11 is 0. The van der Waals surface area contributed by atoms with Crippen LogP contribution in [0.4, 0.5) is 0 Å². The lowest BCUT2D eigenvalue weighted by Gasteiger charge is -2.36. The minimum atomic E-state index is -0.490. The van der Waals surface area contributed by atoms with Crippen molar-refractivity contribution in [2.24, 2.45) is 0 Å². The normalized spacial score (nSPS) is 19.2. The third-order valence-electron chi connectivity index (χ3n) is 7.23. The molecule has 1 aliphatic carbocycles. The first-order valence-corrected chi connectivity index (χ1v) is 12.7. The number of rotatable bonds is 7. The molecule has 0 spiro atoms. The smallest absolute Gasteiger partial charge is 0.336 e. The van der Waals surface area contributed by atoms with E-state index in [9.17, 15) is 9.59 Å². The number of hydrogen-bond acceptors (Lipinski definition) is 5. The average molecular weight is 494 g/mol. The molecular formula is C32H31NO4. The molecule has 0 fully saturated rings. The SMILES string of the molecule is COc1ccc([C@@H]2C(C(=O)OCCc3ccccc3)=C(C)NC3=C2C(=O)C[C@H](c2ccccc2)C3)cc1. The van der Waals surface area contributed by atoms with Crippen molar-refractivity contribution in [3.63, 3.8) is 0 Å². The maximum atomic E-state index is 13.7. The fourth-order valence-electron chi connectivity index (χ4n) is 5.38. The number of carbonyl (C=O) groups excluding carboxylic acids is 2. The molecular weight excluding hydrogens is 462 g/mol. The minimum Gasteiger partial charge on any atom is -0.497 e. The van der Waals surface area contributed by atoms with Crippen molar-refractivity contribution >= 4 is 11.8 Å².